The van der Waals surface area contributed by atoms with E-state index in [2.05, 4.69) is 9.46 Å². The number of nitrogens with one attached hydrogen (secondary N) is 1. The first-order chi connectivity index (χ1) is 8.45. The van der Waals surface area contributed by atoms with Crippen LogP contribution in [0.5, 0.6) is 0 Å². The predicted molar refractivity (Wildman–Crippen MR) is 66.7 cm³/mol. The minimum absolute atomic E-state index is 0.0392. The maximum Gasteiger partial charge on any atom is 0.404 e. The highest BCUT2D eigenvalue weighted by molar-refractivity contribution is 7.89. The molecule has 0 fully saturated rings. The second-order valence-electron chi connectivity index (χ2n) is 3.34. The number of carbonyl (C=O) groups excluding carboxylic acids is 1. The van der Waals surface area contributed by atoms with Crippen LogP contribution >= 0.6 is 11.6 Å². The number of amides is 1. The van der Waals surface area contributed by atoms with Crippen LogP contribution in [0.15, 0.2) is 29.2 Å². The number of rotatable bonds is 6. The molecule has 0 aromatic heterocycles. The van der Waals surface area contributed by atoms with Gasteiger partial charge in [0.15, 0.2) is 0 Å². The second kappa shape index (κ2) is 6.58. The quantitative estimate of drug-likeness (QED) is 0.598. The Kier molecular flexibility index (Phi) is 5.39. The Morgan fingerprint density at radius 1 is 1.33 bits per heavy atom. The molecule has 18 heavy (non-hydrogen) atoms. The van der Waals surface area contributed by atoms with Crippen LogP contribution < -0.4 is 10.5 Å². The van der Waals surface area contributed by atoms with E-state index in [1.54, 1.807) is 12.1 Å². The van der Waals surface area contributed by atoms with Crippen LogP contribution in [0.25, 0.3) is 0 Å². The zero-order chi connectivity index (χ0) is 13.6. The average molecular weight is 293 g/mol. The highest BCUT2D eigenvalue weighted by Gasteiger charge is 2.13. The van der Waals surface area contributed by atoms with Gasteiger partial charge in [-0.2, -0.15) is 0 Å². The predicted octanol–water partition coefficient (Wildman–Crippen LogP) is 0.799. The summed E-state index contributed by atoms with van der Waals surface area (Å²) >= 11 is 5.60. The summed E-state index contributed by atoms with van der Waals surface area (Å²) in [5.74, 6) is 0.320. The Labute approximate surface area is 110 Å². The topological polar surface area (TPSA) is 98.5 Å². The van der Waals surface area contributed by atoms with E-state index in [1.165, 1.54) is 12.1 Å². The highest BCUT2D eigenvalue weighted by atomic mass is 35.5. The van der Waals surface area contributed by atoms with Crippen LogP contribution in [0, 0.1) is 0 Å². The van der Waals surface area contributed by atoms with E-state index in [9.17, 15) is 13.2 Å². The van der Waals surface area contributed by atoms with Crippen molar-refractivity contribution in [2.75, 3.05) is 13.2 Å². The molecule has 0 aliphatic rings. The van der Waals surface area contributed by atoms with Crippen molar-refractivity contribution in [2.45, 2.75) is 10.8 Å². The molecule has 1 amide bonds. The van der Waals surface area contributed by atoms with Gasteiger partial charge in [-0.25, -0.2) is 17.9 Å². The van der Waals surface area contributed by atoms with E-state index in [-0.39, 0.29) is 18.0 Å². The number of ether oxygens (including phenoxy) is 1. The van der Waals surface area contributed by atoms with Crippen molar-refractivity contribution in [1.29, 1.82) is 0 Å². The van der Waals surface area contributed by atoms with Crippen molar-refractivity contribution in [3.8, 4) is 0 Å². The molecule has 0 radical (unpaired) electrons. The van der Waals surface area contributed by atoms with Crippen LogP contribution in [0.4, 0.5) is 4.79 Å². The molecule has 1 rings (SSSR count). The van der Waals surface area contributed by atoms with Crippen molar-refractivity contribution in [3.05, 3.63) is 29.8 Å². The third kappa shape index (κ3) is 4.52. The first kappa shape index (κ1) is 14.7. The second-order valence-corrected chi connectivity index (χ2v) is 5.38. The van der Waals surface area contributed by atoms with Gasteiger partial charge in [-0.15, -0.1) is 11.6 Å². The SMILES string of the molecule is NC(=O)OCCNS(=O)(=O)c1ccc(CCl)cc1. The lowest BCUT2D eigenvalue weighted by Gasteiger charge is -2.07. The molecule has 8 heteroatoms. The lowest BCUT2D eigenvalue weighted by molar-refractivity contribution is 0.159. The van der Waals surface area contributed by atoms with E-state index >= 15 is 0 Å². The van der Waals surface area contributed by atoms with Crippen LogP contribution in [0.2, 0.25) is 0 Å². The third-order valence-corrected chi connectivity index (χ3v) is 3.81. The maximum absolute atomic E-state index is 11.8. The van der Waals surface area contributed by atoms with E-state index in [0.29, 0.717) is 5.88 Å². The Hall–Kier alpha value is -1.31. The number of primary amides is 1. The lowest BCUT2D eigenvalue weighted by Crippen LogP contribution is -2.29. The number of nitrogens with two attached hydrogens (primary N) is 1. The first-order valence-electron chi connectivity index (χ1n) is 5.02. The van der Waals surface area contributed by atoms with Gasteiger partial charge in [0.05, 0.1) is 4.90 Å². The molecule has 0 saturated heterocycles. The summed E-state index contributed by atoms with van der Waals surface area (Å²) in [5.41, 5.74) is 5.56. The number of carbonyl (C=O) groups is 1. The van der Waals surface area contributed by atoms with Gasteiger partial charge in [0, 0.05) is 12.4 Å². The number of sulfonamides is 1. The van der Waals surface area contributed by atoms with Crippen molar-refractivity contribution < 1.29 is 17.9 Å². The molecule has 0 atom stereocenters. The molecule has 0 saturated carbocycles. The molecule has 100 valence electrons. The van der Waals surface area contributed by atoms with Crippen LogP contribution in [0.1, 0.15) is 5.56 Å². The van der Waals surface area contributed by atoms with E-state index < -0.39 is 16.1 Å². The first-order valence-corrected chi connectivity index (χ1v) is 7.04. The maximum atomic E-state index is 11.8. The Morgan fingerprint density at radius 2 is 1.94 bits per heavy atom. The summed E-state index contributed by atoms with van der Waals surface area (Å²) < 4.78 is 30.2. The fourth-order valence-electron chi connectivity index (χ4n) is 1.17. The molecule has 0 unspecified atom stereocenters. The average Bonchev–Trinajstić information content (AvgIpc) is 2.34. The van der Waals surface area contributed by atoms with E-state index in [0.717, 1.165) is 5.56 Å². The van der Waals surface area contributed by atoms with Gasteiger partial charge < -0.3 is 10.5 Å². The molecule has 3 N–H and O–H groups in total. The lowest BCUT2D eigenvalue weighted by atomic mass is 10.2. The Morgan fingerprint density at radius 3 is 2.44 bits per heavy atom. The fraction of sp³-hybridized carbons (Fsp3) is 0.300. The molecule has 0 aliphatic heterocycles. The standard InChI is InChI=1S/C10H13ClN2O4S/c11-7-8-1-3-9(4-2-8)18(15,16)13-5-6-17-10(12)14/h1-4,13H,5-7H2,(H2,12,14). The number of hydrogen-bond donors (Lipinski definition) is 2. The summed E-state index contributed by atoms with van der Waals surface area (Å²) in [6.45, 7) is -0.156. The molecular weight excluding hydrogens is 280 g/mol. The largest absolute Gasteiger partial charge is 0.448 e. The van der Waals surface area contributed by atoms with Gasteiger partial charge in [0.2, 0.25) is 10.0 Å². The third-order valence-electron chi connectivity index (χ3n) is 2.03. The minimum atomic E-state index is -3.61. The van der Waals surface area contributed by atoms with Crippen LogP contribution in [-0.2, 0) is 20.6 Å². The molecule has 1 aromatic carbocycles. The number of halogens is 1. The van der Waals surface area contributed by atoms with Gasteiger partial charge >= 0.3 is 6.09 Å². The van der Waals surface area contributed by atoms with Crippen molar-refractivity contribution in [3.63, 3.8) is 0 Å². The van der Waals surface area contributed by atoms with Gasteiger partial charge in [-0.05, 0) is 17.7 Å². The zero-order valence-electron chi connectivity index (χ0n) is 9.43. The van der Waals surface area contributed by atoms with E-state index in [1.807, 2.05) is 0 Å². The van der Waals surface area contributed by atoms with Gasteiger partial charge in [-0.1, -0.05) is 12.1 Å². The molecule has 0 spiro atoms. The number of hydrogen-bond acceptors (Lipinski definition) is 4. The Balaban J connectivity index is 2.59. The van der Waals surface area contributed by atoms with Crippen molar-refractivity contribution >= 4 is 27.7 Å². The molecule has 6 nitrogen and oxygen atoms in total. The molecule has 0 heterocycles. The normalized spacial score (nSPS) is 11.2. The molecular formula is C10H13ClN2O4S. The monoisotopic (exact) mass is 292 g/mol. The smallest absolute Gasteiger partial charge is 0.404 e. The van der Waals surface area contributed by atoms with Gasteiger partial charge in [0.1, 0.15) is 6.61 Å². The van der Waals surface area contributed by atoms with Crippen molar-refractivity contribution in [2.24, 2.45) is 5.73 Å². The van der Waals surface area contributed by atoms with E-state index in [4.69, 9.17) is 17.3 Å². The summed E-state index contributed by atoms with van der Waals surface area (Å²) in [7, 11) is -3.61. The van der Waals surface area contributed by atoms with Gasteiger partial charge in [0.25, 0.3) is 0 Å². The number of alkyl halides is 1. The minimum Gasteiger partial charge on any atom is -0.448 e. The van der Waals surface area contributed by atoms with Crippen LogP contribution in [0.3, 0.4) is 0 Å². The van der Waals surface area contributed by atoms with Gasteiger partial charge in [-0.3, -0.25) is 0 Å². The molecule has 0 aliphatic carbocycles. The summed E-state index contributed by atoms with van der Waals surface area (Å²) in [5, 5.41) is 0. The Bertz CT molecular complexity index is 501. The summed E-state index contributed by atoms with van der Waals surface area (Å²) in [4.78, 5) is 10.4. The summed E-state index contributed by atoms with van der Waals surface area (Å²) in [6, 6.07) is 6.16. The number of benzene rings is 1. The summed E-state index contributed by atoms with van der Waals surface area (Å²) in [6.07, 6.45) is -0.944. The fourth-order valence-corrected chi connectivity index (χ4v) is 2.36. The van der Waals surface area contributed by atoms with Crippen LogP contribution in [-0.4, -0.2) is 27.7 Å². The molecule has 1 aromatic rings. The zero-order valence-corrected chi connectivity index (χ0v) is 11.0. The highest BCUT2D eigenvalue weighted by Crippen LogP contribution is 2.11. The van der Waals surface area contributed by atoms with Crippen molar-refractivity contribution in [1.82, 2.24) is 4.72 Å². The molecule has 0 bridgehead atoms.